The molecule has 1 aromatic carbocycles. The minimum absolute atomic E-state index is 0.473. The lowest BCUT2D eigenvalue weighted by atomic mass is 9.90. The maximum Gasteiger partial charge on any atom is 0.416 e. The van der Waals surface area contributed by atoms with E-state index in [-0.39, 0.29) is 0 Å². The van der Waals surface area contributed by atoms with Crippen molar-refractivity contribution >= 4 is 5.97 Å². The predicted molar refractivity (Wildman–Crippen MR) is 59.2 cm³/mol. The molecule has 0 amide bonds. The minimum Gasteiger partial charge on any atom is -0.481 e. The van der Waals surface area contributed by atoms with Gasteiger partial charge in [0, 0.05) is 5.41 Å². The van der Waals surface area contributed by atoms with Gasteiger partial charge in [-0.1, -0.05) is 19.1 Å². The Morgan fingerprint density at radius 1 is 1.39 bits per heavy atom. The van der Waals surface area contributed by atoms with Crippen molar-refractivity contribution in [3.05, 3.63) is 35.4 Å². The largest absolute Gasteiger partial charge is 0.481 e. The number of halogens is 3. The molecule has 0 radical (unpaired) electrons. The van der Waals surface area contributed by atoms with Gasteiger partial charge in [0.15, 0.2) is 0 Å². The van der Waals surface area contributed by atoms with Crippen LogP contribution in [0.5, 0.6) is 0 Å². The molecule has 18 heavy (non-hydrogen) atoms. The van der Waals surface area contributed by atoms with E-state index in [1.807, 2.05) is 6.92 Å². The maximum absolute atomic E-state index is 12.4. The topological polar surface area (TPSA) is 37.3 Å². The van der Waals surface area contributed by atoms with Gasteiger partial charge in [-0.3, -0.25) is 4.79 Å². The van der Waals surface area contributed by atoms with Crippen molar-refractivity contribution in [2.75, 3.05) is 0 Å². The molecule has 0 saturated heterocycles. The highest BCUT2D eigenvalue weighted by atomic mass is 19.4. The van der Waals surface area contributed by atoms with Crippen LogP contribution in [0.15, 0.2) is 24.3 Å². The first-order valence-electron chi connectivity index (χ1n) is 5.72. The Balaban J connectivity index is 2.28. The Morgan fingerprint density at radius 2 is 1.94 bits per heavy atom. The average molecular weight is 258 g/mol. The van der Waals surface area contributed by atoms with E-state index < -0.39 is 29.0 Å². The van der Waals surface area contributed by atoms with Crippen LogP contribution in [0, 0.1) is 5.92 Å². The number of hydrogen-bond acceptors (Lipinski definition) is 1. The number of rotatable bonds is 3. The van der Waals surface area contributed by atoms with Gasteiger partial charge >= 0.3 is 12.1 Å². The predicted octanol–water partition coefficient (Wildman–Crippen LogP) is 3.46. The van der Waals surface area contributed by atoms with Crippen LogP contribution in [0.4, 0.5) is 13.2 Å². The second-order valence-electron chi connectivity index (χ2n) is 4.68. The molecule has 1 saturated carbocycles. The van der Waals surface area contributed by atoms with Crippen molar-refractivity contribution in [1.29, 1.82) is 0 Å². The van der Waals surface area contributed by atoms with Crippen LogP contribution in [-0.4, -0.2) is 11.1 Å². The summed E-state index contributed by atoms with van der Waals surface area (Å²) < 4.78 is 37.3. The molecule has 1 N–H and O–H groups in total. The van der Waals surface area contributed by atoms with E-state index in [0.29, 0.717) is 18.4 Å². The van der Waals surface area contributed by atoms with Crippen LogP contribution in [0.1, 0.15) is 30.9 Å². The highest BCUT2D eigenvalue weighted by molar-refractivity contribution is 5.77. The summed E-state index contributed by atoms with van der Waals surface area (Å²) in [4.78, 5) is 11.0. The van der Waals surface area contributed by atoms with Crippen LogP contribution in [0.3, 0.4) is 0 Å². The lowest BCUT2D eigenvalue weighted by Gasteiger charge is -2.15. The Hall–Kier alpha value is -1.52. The average Bonchev–Trinajstić information content (AvgIpc) is 3.04. The van der Waals surface area contributed by atoms with Gasteiger partial charge < -0.3 is 5.11 Å². The van der Waals surface area contributed by atoms with E-state index in [9.17, 15) is 18.0 Å². The standard InChI is InChI=1S/C13H13F3O2/c1-2-12(7-10(12)11(17)18)8-3-5-9(6-4-8)13(14,15)16/h3-6,10H,2,7H2,1H3,(H,17,18). The summed E-state index contributed by atoms with van der Waals surface area (Å²) in [5, 5.41) is 8.99. The number of alkyl halides is 3. The zero-order valence-electron chi connectivity index (χ0n) is 9.79. The quantitative estimate of drug-likeness (QED) is 0.901. The molecule has 5 heteroatoms. The molecule has 98 valence electrons. The fourth-order valence-corrected chi connectivity index (χ4v) is 2.53. The molecule has 2 nitrogen and oxygen atoms in total. The Morgan fingerprint density at radius 3 is 2.28 bits per heavy atom. The fraction of sp³-hybridized carbons (Fsp3) is 0.462. The number of aliphatic carboxylic acids is 1. The van der Waals surface area contributed by atoms with E-state index in [0.717, 1.165) is 12.1 Å². The maximum atomic E-state index is 12.4. The highest BCUT2D eigenvalue weighted by Gasteiger charge is 2.58. The zero-order valence-corrected chi connectivity index (χ0v) is 9.79. The second-order valence-corrected chi connectivity index (χ2v) is 4.68. The van der Waals surface area contributed by atoms with Crippen LogP contribution < -0.4 is 0 Å². The van der Waals surface area contributed by atoms with Gasteiger partial charge in [0.05, 0.1) is 11.5 Å². The molecule has 0 spiro atoms. The fourth-order valence-electron chi connectivity index (χ4n) is 2.53. The van der Waals surface area contributed by atoms with E-state index in [1.165, 1.54) is 12.1 Å². The highest BCUT2D eigenvalue weighted by Crippen LogP contribution is 2.56. The monoisotopic (exact) mass is 258 g/mol. The summed E-state index contributed by atoms with van der Waals surface area (Å²) in [7, 11) is 0. The summed E-state index contributed by atoms with van der Waals surface area (Å²) in [6.07, 6.45) is -3.23. The third-order valence-electron chi connectivity index (χ3n) is 3.79. The second kappa shape index (κ2) is 4.00. The van der Waals surface area contributed by atoms with Gasteiger partial charge in [-0.2, -0.15) is 13.2 Å². The van der Waals surface area contributed by atoms with Crippen molar-refractivity contribution in [3.8, 4) is 0 Å². The molecular weight excluding hydrogens is 245 g/mol. The smallest absolute Gasteiger partial charge is 0.416 e. The SMILES string of the molecule is CCC1(c2ccc(C(F)(F)F)cc2)CC1C(=O)O. The zero-order chi connectivity index (χ0) is 13.6. The summed E-state index contributed by atoms with van der Waals surface area (Å²) in [6, 6.07) is 4.83. The van der Waals surface area contributed by atoms with Crippen molar-refractivity contribution in [1.82, 2.24) is 0 Å². The number of carbonyl (C=O) groups is 1. The van der Waals surface area contributed by atoms with Crippen LogP contribution >= 0.6 is 0 Å². The van der Waals surface area contributed by atoms with Gasteiger partial charge in [0.25, 0.3) is 0 Å². The van der Waals surface area contributed by atoms with E-state index in [2.05, 4.69) is 0 Å². The summed E-state index contributed by atoms with van der Waals surface area (Å²) in [5.74, 6) is -1.35. The molecule has 2 atom stereocenters. The van der Waals surface area contributed by atoms with E-state index in [1.54, 1.807) is 0 Å². The molecule has 1 aliphatic rings. The minimum atomic E-state index is -4.35. The van der Waals surface area contributed by atoms with Crippen molar-refractivity contribution in [2.45, 2.75) is 31.4 Å². The molecule has 1 aliphatic carbocycles. The third kappa shape index (κ3) is 1.98. The van der Waals surface area contributed by atoms with Gasteiger partial charge in [-0.15, -0.1) is 0 Å². The van der Waals surface area contributed by atoms with Gasteiger partial charge in [0.1, 0.15) is 0 Å². The Bertz CT molecular complexity index is 464. The summed E-state index contributed by atoms with van der Waals surface area (Å²) in [6.45, 7) is 1.86. The van der Waals surface area contributed by atoms with Gasteiger partial charge in [-0.25, -0.2) is 0 Å². The first-order valence-corrected chi connectivity index (χ1v) is 5.72. The van der Waals surface area contributed by atoms with Crippen LogP contribution in [0.2, 0.25) is 0 Å². The molecule has 1 fully saturated rings. The van der Waals surface area contributed by atoms with Crippen molar-refractivity contribution in [3.63, 3.8) is 0 Å². The molecular formula is C13H13F3O2. The normalized spacial score (nSPS) is 27.0. The van der Waals surface area contributed by atoms with Crippen LogP contribution in [0.25, 0.3) is 0 Å². The lowest BCUT2D eigenvalue weighted by Crippen LogP contribution is -2.14. The first-order chi connectivity index (χ1) is 8.31. The first kappa shape index (κ1) is 12.9. The number of benzene rings is 1. The van der Waals surface area contributed by atoms with Gasteiger partial charge in [-0.05, 0) is 30.5 Å². The Kier molecular flexibility index (Phi) is 2.87. The number of carboxylic acid groups (broad SMARTS) is 1. The molecule has 0 aliphatic heterocycles. The molecule has 2 unspecified atom stereocenters. The molecule has 2 rings (SSSR count). The number of carboxylic acids is 1. The van der Waals surface area contributed by atoms with E-state index in [4.69, 9.17) is 5.11 Å². The number of hydrogen-bond donors (Lipinski definition) is 1. The van der Waals surface area contributed by atoms with Gasteiger partial charge in [0.2, 0.25) is 0 Å². The van der Waals surface area contributed by atoms with Crippen LogP contribution in [-0.2, 0) is 16.4 Å². The third-order valence-corrected chi connectivity index (χ3v) is 3.79. The molecule has 0 heterocycles. The molecule has 0 aromatic heterocycles. The van der Waals surface area contributed by atoms with Crippen molar-refractivity contribution < 1.29 is 23.1 Å². The Labute approximate surface area is 102 Å². The summed E-state index contributed by atoms with van der Waals surface area (Å²) >= 11 is 0. The summed E-state index contributed by atoms with van der Waals surface area (Å²) in [5.41, 5.74) is -0.494. The molecule has 0 bridgehead atoms. The van der Waals surface area contributed by atoms with E-state index >= 15 is 0 Å². The molecule has 1 aromatic rings. The lowest BCUT2D eigenvalue weighted by molar-refractivity contribution is -0.139. The van der Waals surface area contributed by atoms with Crippen molar-refractivity contribution in [2.24, 2.45) is 5.92 Å².